The molecule has 0 aliphatic carbocycles. The quantitative estimate of drug-likeness (QED) is 0.171. The summed E-state index contributed by atoms with van der Waals surface area (Å²) in [6, 6.07) is 34.4. The van der Waals surface area contributed by atoms with Crippen LogP contribution in [0, 0.1) is 40.8 Å². The molecule has 0 amide bonds. The van der Waals surface area contributed by atoms with E-state index in [1.165, 1.54) is 0 Å². The number of fused-ring (bicyclic) bond motifs is 3. The molecule has 242 valence electrons. The summed E-state index contributed by atoms with van der Waals surface area (Å²) >= 11 is 0. The standard InChI is InChI=1S/C42H29N9/c1-24-45-25(2)48-41(47-24)32-15-18-38(37(21-32)42-49-26(3)46-27(4)50-42)51-39-22-30(28-9-7-11-33(19-28)43-5)13-16-35(39)36-17-14-31(23-40(36)51)29-10-8-12-34(20-29)44-6/h7-23H,1-4H3. The normalized spacial score (nSPS) is 11.1. The van der Waals surface area contributed by atoms with Gasteiger partial charge in [-0.3, -0.25) is 0 Å². The molecule has 3 aromatic heterocycles. The minimum Gasteiger partial charge on any atom is -0.308 e. The maximum absolute atomic E-state index is 7.58. The van der Waals surface area contributed by atoms with Crippen molar-refractivity contribution in [2.75, 3.05) is 0 Å². The summed E-state index contributed by atoms with van der Waals surface area (Å²) in [5, 5.41) is 2.14. The molecule has 0 radical (unpaired) electrons. The number of nitrogens with zero attached hydrogens (tertiary/aromatic N) is 9. The number of benzene rings is 5. The second kappa shape index (κ2) is 12.4. The molecule has 0 fully saturated rings. The third kappa shape index (κ3) is 5.73. The van der Waals surface area contributed by atoms with E-state index in [2.05, 4.69) is 76.7 Å². The van der Waals surface area contributed by atoms with Crippen LogP contribution in [0.1, 0.15) is 23.3 Å². The average Bonchev–Trinajstić information content (AvgIpc) is 3.46. The Morgan fingerprint density at radius 3 is 1.39 bits per heavy atom. The van der Waals surface area contributed by atoms with Gasteiger partial charge in [-0.1, -0.05) is 60.7 Å². The number of aromatic nitrogens is 7. The monoisotopic (exact) mass is 659 g/mol. The maximum Gasteiger partial charge on any atom is 0.187 e. The molecule has 0 N–H and O–H groups in total. The molecule has 0 aliphatic rings. The van der Waals surface area contributed by atoms with Crippen molar-refractivity contribution in [1.82, 2.24) is 34.5 Å². The zero-order valence-corrected chi connectivity index (χ0v) is 28.3. The number of hydrogen-bond donors (Lipinski definition) is 0. The summed E-state index contributed by atoms with van der Waals surface area (Å²) in [5.74, 6) is 3.63. The van der Waals surface area contributed by atoms with E-state index in [1.807, 2.05) is 88.4 Å². The highest BCUT2D eigenvalue weighted by atomic mass is 15.0. The van der Waals surface area contributed by atoms with Crippen LogP contribution in [0.25, 0.3) is 82.2 Å². The zero-order chi connectivity index (χ0) is 35.2. The molecule has 3 heterocycles. The molecule has 51 heavy (non-hydrogen) atoms. The van der Waals surface area contributed by atoms with Crippen molar-refractivity contribution in [2.24, 2.45) is 0 Å². The van der Waals surface area contributed by atoms with Gasteiger partial charge in [0.1, 0.15) is 23.3 Å². The Morgan fingerprint density at radius 1 is 0.451 bits per heavy atom. The number of rotatable bonds is 5. The van der Waals surface area contributed by atoms with Crippen LogP contribution in [0.2, 0.25) is 0 Å². The molecule has 8 aromatic rings. The molecule has 9 heteroatoms. The van der Waals surface area contributed by atoms with Crippen LogP contribution in [0.3, 0.4) is 0 Å². The Balaban J connectivity index is 1.47. The first-order valence-corrected chi connectivity index (χ1v) is 16.4. The summed E-state index contributed by atoms with van der Waals surface area (Å²) in [4.78, 5) is 35.2. The van der Waals surface area contributed by atoms with Crippen LogP contribution >= 0.6 is 0 Å². The fraction of sp³-hybridized carbons (Fsp3) is 0.0952. The second-order valence-electron chi connectivity index (χ2n) is 12.4. The van der Waals surface area contributed by atoms with Gasteiger partial charge in [-0.25, -0.2) is 39.6 Å². The minimum atomic E-state index is 0.538. The predicted molar refractivity (Wildman–Crippen MR) is 201 cm³/mol. The molecule has 0 atom stereocenters. The van der Waals surface area contributed by atoms with Crippen molar-refractivity contribution in [3.63, 3.8) is 0 Å². The molecular formula is C42H29N9. The maximum atomic E-state index is 7.58. The lowest BCUT2D eigenvalue weighted by Crippen LogP contribution is -2.04. The summed E-state index contributed by atoms with van der Waals surface area (Å²) < 4.78 is 2.26. The van der Waals surface area contributed by atoms with Gasteiger partial charge in [0.15, 0.2) is 23.0 Å². The predicted octanol–water partition coefficient (Wildman–Crippen LogP) is 10.2. The van der Waals surface area contributed by atoms with E-state index in [-0.39, 0.29) is 0 Å². The Morgan fingerprint density at radius 2 is 0.902 bits per heavy atom. The topological polar surface area (TPSA) is 91.0 Å². The van der Waals surface area contributed by atoms with Gasteiger partial charge in [0, 0.05) is 21.9 Å². The number of hydrogen-bond acceptors (Lipinski definition) is 6. The summed E-state index contributed by atoms with van der Waals surface area (Å²) in [7, 11) is 0. The van der Waals surface area contributed by atoms with E-state index < -0.39 is 0 Å². The van der Waals surface area contributed by atoms with Crippen LogP contribution in [0.4, 0.5) is 11.4 Å². The van der Waals surface area contributed by atoms with Crippen molar-refractivity contribution in [3.8, 4) is 50.7 Å². The van der Waals surface area contributed by atoms with Gasteiger partial charge >= 0.3 is 0 Å². The van der Waals surface area contributed by atoms with Crippen molar-refractivity contribution in [1.29, 1.82) is 0 Å². The molecule has 5 aromatic carbocycles. The lowest BCUT2D eigenvalue weighted by Gasteiger charge is -2.16. The largest absolute Gasteiger partial charge is 0.308 e. The Kier molecular flexibility index (Phi) is 7.59. The molecule has 0 saturated carbocycles. The highest BCUT2D eigenvalue weighted by Gasteiger charge is 2.21. The van der Waals surface area contributed by atoms with Crippen LogP contribution < -0.4 is 0 Å². The van der Waals surface area contributed by atoms with Gasteiger partial charge < -0.3 is 4.57 Å². The lowest BCUT2D eigenvalue weighted by molar-refractivity contribution is 0.924. The smallest absolute Gasteiger partial charge is 0.187 e. The Labute approximate surface area is 294 Å². The fourth-order valence-corrected chi connectivity index (χ4v) is 6.68. The van der Waals surface area contributed by atoms with Gasteiger partial charge in [-0.05, 0) is 92.4 Å². The number of aryl methyl sites for hydroxylation is 4. The molecule has 0 saturated heterocycles. The highest BCUT2D eigenvalue weighted by molar-refractivity contribution is 6.11. The SMILES string of the molecule is [C-]#[N+]c1cccc(-c2ccc3c4ccc(-c5cccc([N+]#[C-])c5)cc4n(-c4ccc(-c5nc(C)nc(C)n5)cc4-c4nc(C)nc(C)n4)c3c2)c1. The van der Waals surface area contributed by atoms with E-state index >= 15 is 0 Å². The lowest BCUT2D eigenvalue weighted by atomic mass is 10.0. The third-order valence-corrected chi connectivity index (χ3v) is 8.84. The first-order chi connectivity index (χ1) is 24.8. The summed E-state index contributed by atoms with van der Waals surface area (Å²) in [6.45, 7) is 22.6. The first kappa shape index (κ1) is 31.2. The Bertz CT molecular complexity index is 2630. The van der Waals surface area contributed by atoms with Gasteiger partial charge in [-0.2, -0.15) is 0 Å². The molecular weight excluding hydrogens is 631 g/mol. The van der Waals surface area contributed by atoms with Crippen molar-refractivity contribution in [2.45, 2.75) is 27.7 Å². The van der Waals surface area contributed by atoms with E-state index in [9.17, 15) is 0 Å². The molecule has 0 bridgehead atoms. The third-order valence-electron chi connectivity index (χ3n) is 8.84. The van der Waals surface area contributed by atoms with Gasteiger partial charge in [0.2, 0.25) is 0 Å². The van der Waals surface area contributed by atoms with Crippen molar-refractivity contribution < 1.29 is 0 Å². The van der Waals surface area contributed by atoms with Gasteiger partial charge in [0.05, 0.1) is 29.9 Å². The highest BCUT2D eigenvalue weighted by Crippen LogP contribution is 2.40. The van der Waals surface area contributed by atoms with Crippen LogP contribution in [0.15, 0.2) is 103 Å². The molecule has 0 spiro atoms. The first-order valence-electron chi connectivity index (χ1n) is 16.4. The van der Waals surface area contributed by atoms with E-state index in [0.717, 1.165) is 60.9 Å². The molecule has 0 aliphatic heterocycles. The summed E-state index contributed by atoms with van der Waals surface area (Å²) in [6.07, 6.45) is 0. The minimum absolute atomic E-state index is 0.538. The van der Waals surface area contributed by atoms with E-state index in [1.54, 1.807) is 0 Å². The van der Waals surface area contributed by atoms with E-state index in [0.29, 0.717) is 46.3 Å². The van der Waals surface area contributed by atoms with Crippen LogP contribution in [0.5, 0.6) is 0 Å². The average molecular weight is 660 g/mol. The molecule has 9 nitrogen and oxygen atoms in total. The molecule has 8 rings (SSSR count). The van der Waals surface area contributed by atoms with Gasteiger partial charge in [0.25, 0.3) is 0 Å². The van der Waals surface area contributed by atoms with E-state index in [4.69, 9.17) is 23.1 Å². The van der Waals surface area contributed by atoms with Gasteiger partial charge in [-0.15, -0.1) is 0 Å². The second-order valence-corrected chi connectivity index (χ2v) is 12.4. The Hall–Kier alpha value is -7.10. The fourth-order valence-electron chi connectivity index (χ4n) is 6.68. The van der Waals surface area contributed by atoms with Crippen molar-refractivity contribution >= 4 is 33.2 Å². The van der Waals surface area contributed by atoms with Crippen LogP contribution in [-0.2, 0) is 0 Å². The van der Waals surface area contributed by atoms with Crippen LogP contribution in [-0.4, -0.2) is 34.5 Å². The van der Waals surface area contributed by atoms with Crippen molar-refractivity contribution in [3.05, 3.63) is 149 Å². The summed E-state index contributed by atoms with van der Waals surface area (Å²) in [5.41, 5.74) is 9.48. The zero-order valence-electron chi connectivity index (χ0n) is 28.3. The molecule has 0 unspecified atom stereocenters.